The molecule has 1 heterocycles. The van der Waals surface area contributed by atoms with Crippen molar-refractivity contribution in [1.29, 1.82) is 0 Å². The van der Waals surface area contributed by atoms with Crippen molar-refractivity contribution in [3.63, 3.8) is 0 Å². The van der Waals surface area contributed by atoms with E-state index < -0.39 is 0 Å². The molecule has 0 aliphatic heterocycles. The van der Waals surface area contributed by atoms with Crippen LogP contribution in [0.25, 0.3) is 0 Å². The first-order valence-electron chi connectivity index (χ1n) is 5.18. The molecule has 1 aromatic rings. The summed E-state index contributed by atoms with van der Waals surface area (Å²) in [5.74, 6) is 2.38. The summed E-state index contributed by atoms with van der Waals surface area (Å²) in [6.45, 7) is 6.56. The van der Waals surface area contributed by atoms with Gasteiger partial charge in [0.05, 0.1) is 0 Å². The van der Waals surface area contributed by atoms with E-state index in [1.54, 1.807) is 0 Å². The molecule has 1 aliphatic rings. The van der Waals surface area contributed by atoms with Crippen molar-refractivity contribution in [3.8, 4) is 0 Å². The maximum absolute atomic E-state index is 6.03. The Labute approximate surface area is 89.5 Å². The number of halogens is 1. The topological polar surface area (TPSA) is 30.7 Å². The van der Waals surface area contributed by atoms with E-state index in [-0.39, 0.29) is 0 Å². The number of aromatic nitrogens is 3. The van der Waals surface area contributed by atoms with E-state index in [0.717, 1.165) is 11.7 Å². The Kier molecular flexibility index (Phi) is 2.52. The van der Waals surface area contributed by atoms with Gasteiger partial charge in [-0.1, -0.05) is 13.8 Å². The smallest absolute Gasteiger partial charge is 0.225 e. The number of hydrogen-bond donors (Lipinski definition) is 0. The highest BCUT2D eigenvalue weighted by atomic mass is 35.5. The van der Waals surface area contributed by atoms with Crippen molar-refractivity contribution in [3.05, 3.63) is 11.1 Å². The van der Waals surface area contributed by atoms with Crippen LogP contribution in [0.5, 0.6) is 0 Å². The predicted molar refractivity (Wildman–Crippen MR) is 56.4 cm³/mol. The van der Waals surface area contributed by atoms with E-state index >= 15 is 0 Å². The van der Waals surface area contributed by atoms with Gasteiger partial charge in [-0.3, -0.25) is 4.57 Å². The Balaban J connectivity index is 2.32. The highest BCUT2D eigenvalue weighted by Gasteiger charge is 2.33. The van der Waals surface area contributed by atoms with Gasteiger partial charge in [0.25, 0.3) is 0 Å². The zero-order valence-electron chi connectivity index (χ0n) is 8.87. The molecule has 4 heteroatoms. The van der Waals surface area contributed by atoms with Crippen LogP contribution >= 0.6 is 11.6 Å². The molecule has 0 N–H and O–H groups in total. The van der Waals surface area contributed by atoms with Gasteiger partial charge in [-0.2, -0.15) is 0 Å². The summed E-state index contributed by atoms with van der Waals surface area (Å²) in [5, 5.41) is 8.44. The molecule has 0 amide bonds. The fraction of sp³-hybridized carbons (Fsp3) is 0.800. The highest BCUT2D eigenvalue weighted by molar-refractivity contribution is 6.28. The van der Waals surface area contributed by atoms with Crippen LogP contribution in [0.4, 0.5) is 0 Å². The normalized spacial score (nSPS) is 32.4. The number of nitrogens with zero attached hydrogens (tertiary/aromatic N) is 3. The Hall–Kier alpha value is -0.570. The van der Waals surface area contributed by atoms with Crippen molar-refractivity contribution in [2.24, 2.45) is 11.8 Å². The minimum Gasteiger partial charge on any atom is -0.299 e. The lowest BCUT2D eigenvalue weighted by molar-refractivity contribution is 0.348. The minimum atomic E-state index is 0.493. The van der Waals surface area contributed by atoms with Gasteiger partial charge in [0, 0.05) is 6.04 Å². The lowest BCUT2D eigenvalue weighted by Crippen LogP contribution is -2.16. The van der Waals surface area contributed by atoms with E-state index in [4.69, 9.17) is 11.6 Å². The van der Waals surface area contributed by atoms with Crippen LogP contribution < -0.4 is 0 Å². The first-order chi connectivity index (χ1) is 6.61. The van der Waals surface area contributed by atoms with Gasteiger partial charge >= 0.3 is 0 Å². The zero-order valence-corrected chi connectivity index (χ0v) is 9.62. The largest absolute Gasteiger partial charge is 0.299 e. The molecule has 0 spiro atoms. The quantitative estimate of drug-likeness (QED) is 0.718. The molecule has 78 valence electrons. The summed E-state index contributed by atoms with van der Waals surface area (Å²) < 4.78 is 2.08. The van der Waals surface area contributed by atoms with Crippen LogP contribution in [-0.2, 0) is 0 Å². The molecular weight excluding hydrogens is 198 g/mol. The Morgan fingerprint density at radius 2 is 2.00 bits per heavy atom. The second-order valence-corrected chi connectivity index (χ2v) is 4.71. The summed E-state index contributed by atoms with van der Waals surface area (Å²) >= 11 is 6.03. The first-order valence-corrected chi connectivity index (χ1v) is 5.56. The molecular formula is C10H16ClN3. The standard InChI is InChI=1S/C10H16ClN3/c1-6-4-5-9(7(6)2)14-8(3)12-13-10(14)11/h6-7,9H,4-5H2,1-3H3. The number of aryl methyl sites for hydroxylation is 1. The molecule has 3 atom stereocenters. The second-order valence-electron chi connectivity index (χ2n) is 4.37. The fourth-order valence-corrected chi connectivity index (χ4v) is 2.71. The summed E-state index contributed by atoms with van der Waals surface area (Å²) in [5.41, 5.74) is 0. The monoisotopic (exact) mass is 213 g/mol. The molecule has 0 bridgehead atoms. The molecule has 1 aliphatic carbocycles. The fourth-order valence-electron chi connectivity index (χ4n) is 2.42. The van der Waals surface area contributed by atoms with Crippen LogP contribution in [0.15, 0.2) is 0 Å². The summed E-state index contributed by atoms with van der Waals surface area (Å²) in [6, 6.07) is 0.493. The van der Waals surface area contributed by atoms with Crippen LogP contribution in [0, 0.1) is 18.8 Å². The molecule has 0 radical (unpaired) electrons. The van der Waals surface area contributed by atoms with Gasteiger partial charge in [-0.05, 0) is 43.2 Å². The molecule has 3 unspecified atom stereocenters. The SMILES string of the molecule is Cc1nnc(Cl)n1C1CCC(C)C1C. The number of rotatable bonds is 1. The summed E-state index contributed by atoms with van der Waals surface area (Å²) in [4.78, 5) is 0. The van der Waals surface area contributed by atoms with Crippen LogP contribution in [-0.4, -0.2) is 14.8 Å². The van der Waals surface area contributed by atoms with Crippen molar-refractivity contribution in [1.82, 2.24) is 14.8 Å². The van der Waals surface area contributed by atoms with Gasteiger partial charge in [0.2, 0.25) is 5.28 Å². The molecule has 2 rings (SSSR count). The van der Waals surface area contributed by atoms with E-state index in [1.807, 2.05) is 6.92 Å². The van der Waals surface area contributed by atoms with E-state index in [2.05, 4.69) is 28.6 Å². The lowest BCUT2D eigenvalue weighted by Gasteiger charge is -2.20. The second kappa shape index (κ2) is 3.54. The predicted octanol–water partition coefficient (Wildman–Crippen LogP) is 2.85. The Bertz CT molecular complexity index is 315. The highest BCUT2D eigenvalue weighted by Crippen LogP contribution is 2.41. The van der Waals surface area contributed by atoms with Crippen molar-refractivity contribution in [2.45, 2.75) is 39.7 Å². The van der Waals surface area contributed by atoms with Crippen LogP contribution in [0.1, 0.15) is 38.6 Å². The van der Waals surface area contributed by atoms with E-state index in [9.17, 15) is 0 Å². The maximum atomic E-state index is 6.03. The molecule has 1 aromatic heterocycles. The zero-order chi connectivity index (χ0) is 10.3. The van der Waals surface area contributed by atoms with Crippen LogP contribution in [0.3, 0.4) is 0 Å². The van der Waals surface area contributed by atoms with Crippen LogP contribution in [0.2, 0.25) is 5.28 Å². The van der Waals surface area contributed by atoms with Gasteiger partial charge in [-0.15, -0.1) is 10.2 Å². The van der Waals surface area contributed by atoms with Gasteiger partial charge < -0.3 is 0 Å². The minimum absolute atomic E-state index is 0.493. The Morgan fingerprint density at radius 3 is 2.43 bits per heavy atom. The van der Waals surface area contributed by atoms with Crippen molar-refractivity contribution < 1.29 is 0 Å². The third-order valence-corrected chi connectivity index (χ3v) is 3.84. The number of hydrogen-bond acceptors (Lipinski definition) is 2. The lowest BCUT2D eigenvalue weighted by atomic mass is 9.98. The maximum Gasteiger partial charge on any atom is 0.225 e. The average molecular weight is 214 g/mol. The van der Waals surface area contributed by atoms with E-state index in [0.29, 0.717) is 17.2 Å². The summed E-state index contributed by atoms with van der Waals surface area (Å²) in [6.07, 6.45) is 2.47. The first kappa shape index (κ1) is 9.97. The average Bonchev–Trinajstić information content (AvgIpc) is 2.62. The molecule has 14 heavy (non-hydrogen) atoms. The van der Waals surface area contributed by atoms with Gasteiger partial charge in [0.1, 0.15) is 5.82 Å². The molecule has 1 fully saturated rings. The molecule has 0 saturated heterocycles. The third-order valence-electron chi connectivity index (χ3n) is 3.58. The summed E-state index contributed by atoms with van der Waals surface area (Å²) in [7, 11) is 0. The molecule has 0 aromatic carbocycles. The Morgan fingerprint density at radius 1 is 1.29 bits per heavy atom. The third kappa shape index (κ3) is 1.44. The van der Waals surface area contributed by atoms with Gasteiger partial charge in [-0.25, -0.2) is 0 Å². The van der Waals surface area contributed by atoms with E-state index in [1.165, 1.54) is 12.8 Å². The van der Waals surface area contributed by atoms with Crippen molar-refractivity contribution >= 4 is 11.6 Å². The van der Waals surface area contributed by atoms with Gasteiger partial charge in [0.15, 0.2) is 0 Å². The van der Waals surface area contributed by atoms with Crippen molar-refractivity contribution in [2.75, 3.05) is 0 Å². The molecule has 3 nitrogen and oxygen atoms in total. The molecule has 1 saturated carbocycles.